The van der Waals surface area contributed by atoms with Crippen molar-refractivity contribution in [2.45, 2.75) is 73.0 Å². The van der Waals surface area contributed by atoms with Crippen molar-refractivity contribution in [1.29, 1.82) is 0 Å². The van der Waals surface area contributed by atoms with Crippen LogP contribution in [0.1, 0.15) is 55.9 Å². The van der Waals surface area contributed by atoms with Crippen molar-refractivity contribution < 1.29 is 14.3 Å². The second kappa shape index (κ2) is 12.3. The molecule has 0 aliphatic rings. The van der Waals surface area contributed by atoms with Gasteiger partial charge in [-0.2, -0.15) is 0 Å². The van der Waals surface area contributed by atoms with E-state index in [0.717, 1.165) is 23.1 Å². The Labute approximate surface area is 207 Å². The molecule has 2 atom stereocenters. The normalized spacial score (nSPS) is 12.7. The summed E-state index contributed by atoms with van der Waals surface area (Å²) < 4.78 is 5.93. The molecule has 2 amide bonds. The zero-order chi connectivity index (χ0) is 24.7. The van der Waals surface area contributed by atoms with Gasteiger partial charge in [0.2, 0.25) is 5.91 Å². The first-order chi connectivity index (χ1) is 15.6. The second-order valence-corrected chi connectivity index (χ2v) is 9.27. The van der Waals surface area contributed by atoms with Gasteiger partial charge in [-0.15, -0.1) is 0 Å². The van der Waals surface area contributed by atoms with Crippen LogP contribution in [-0.4, -0.2) is 35.4 Å². The summed E-state index contributed by atoms with van der Waals surface area (Å²) in [6, 6.07) is 8.51. The Kier molecular flexibility index (Phi) is 10.1. The molecule has 0 aliphatic heterocycles. The van der Waals surface area contributed by atoms with Crippen LogP contribution < -0.4 is 10.1 Å². The van der Waals surface area contributed by atoms with Crippen LogP contribution in [0.2, 0.25) is 10.0 Å². The van der Waals surface area contributed by atoms with Crippen LogP contribution in [0.5, 0.6) is 5.75 Å². The summed E-state index contributed by atoms with van der Waals surface area (Å²) >= 11 is 12.8. The third-order valence-corrected chi connectivity index (χ3v) is 6.60. The highest BCUT2D eigenvalue weighted by Gasteiger charge is 2.30. The third kappa shape index (κ3) is 7.12. The highest BCUT2D eigenvalue weighted by Crippen LogP contribution is 2.28. The largest absolute Gasteiger partial charge is 0.483 e. The van der Waals surface area contributed by atoms with E-state index in [9.17, 15) is 9.59 Å². The van der Waals surface area contributed by atoms with Crippen molar-refractivity contribution in [3.05, 3.63) is 62.6 Å². The molecule has 2 unspecified atom stereocenters. The predicted octanol–water partition coefficient (Wildman–Crippen LogP) is 6.02. The first-order valence-electron chi connectivity index (χ1n) is 11.3. The van der Waals surface area contributed by atoms with Gasteiger partial charge in [-0.05, 0) is 75.4 Å². The SMILES string of the molecule is CCC(C)NC(=O)C(CC)N(Cc1c(Cl)cccc1Cl)C(=O)COc1cc(C)cc(C)c1C. The molecule has 7 heteroatoms. The van der Waals surface area contributed by atoms with E-state index < -0.39 is 6.04 Å². The van der Waals surface area contributed by atoms with Crippen molar-refractivity contribution >= 4 is 35.0 Å². The van der Waals surface area contributed by atoms with E-state index in [1.54, 1.807) is 18.2 Å². The Bertz CT molecular complexity index is 973. The molecule has 0 bridgehead atoms. The lowest BCUT2D eigenvalue weighted by atomic mass is 10.1. The van der Waals surface area contributed by atoms with Gasteiger partial charge in [-0.25, -0.2) is 0 Å². The van der Waals surface area contributed by atoms with Gasteiger partial charge >= 0.3 is 0 Å². The van der Waals surface area contributed by atoms with E-state index in [-0.39, 0.29) is 31.0 Å². The minimum atomic E-state index is -0.678. The molecule has 0 saturated heterocycles. The van der Waals surface area contributed by atoms with Gasteiger partial charge in [0.25, 0.3) is 5.91 Å². The number of nitrogens with zero attached hydrogens (tertiary/aromatic N) is 1. The molecular weight excluding hydrogens is 459 g/mol. The molecule has 0 aromatic heterocycles. The number of benzene rings is 2. The third-order valence-electron chi connectivity index (χ3n) is 5.89. The number of carbonyl (C=O) groups is 2. The van der Waals surface area contributed by atoms with E-state index in [1.807, 2.05) is 47.6 Å². The number of carbonyl (C=O) groups excluding carboxylic acids is 2. The maximum atomic E-state index is 13.4. The zero-order valence-electron chi connectivity index (χ0n) is 20.3. The maximum absolute atomic E-state index is 13.4. The number of hydrogen-bond donors (Lipinski definition) is 1. The van der Waals surface area contributed by atoms with Crippen LogP contribution in [0.3, 0.4) is 0 Å². The Hall–Kier alpha value is -2.24. The molecule has 0 spiro atoms. The van der Waals surface area contributed by atoms with Gasteiger partial charge < -0.3 is 15.0 Å². The second-order valence-electron chi connectivity index (χ2n) is 8.46. The Balaban J connectivity index is 2.34. The average molecular weight is 493 g/mol. The molecule has 0 aliphatic carbocycles. The van der Waals surface area contributed by atoms with Crippen molar-refractivity contribution in [3.8, 4) is 5.75 Å². The van der Waals surface area contributed by atoms with Crippen LogP contribution >= 0.6 is 23.2 Å². The fraction of sp³-hybridized carbons (Fsp3) is 0.462. The number of aryl methyl sites for hydroxylation is 2. The minimum absolute atomic E-state index is 0.00146. The summed E-state index contributed by atoms with van der Waals surface area (Å²) in [5.74, 6) is 0.148. The molecule has 0 saturated carbocycles. The van der Waals surface area contributed by atoms with Crippen molar-refractivity contribution in [1.82, 2.24) is 10.2 Å². The highest BCUT2D eigenvalue weighted by molar-refractivity contribution is 6.36. The van der Waals surface area contributed by atoms with Crippen LogP contribution in [0.25, 0.3) is 0 Å². The van der Waals surface area contributed by atoms with E-state index in [4.69, 9.17) is 27.9 Å². The molecular formula is C26H34Cl2N2O3. The molecule has 33 heavy (non-hydrogen) atoms. The topological polar surface area (TPSA) is 58.6 Å². The van der Waals surface area contributed by atoms with Gasteiger partial charge in [0.15, 0.2) is 6.61 Å². The predicted molar refractivity (Wildman–Crippen MR) is 135 cm³/mol. The van der Waals surface area contributed by atoms with Gasteiger partial charge in [-0.1, -0.05) is 49.2 Å². The molecule has 0 heterocycles. The van der Waals surface area contributed by atoms with Gasteiger partial charge in [0.05, 0.1) is 0 Å². The molecule has 0 fully saturated rings. The number of halogens is 2. The van der Waals surface area contributed by atoms with Crippen LogP contribution in [0.15, 0.2) is 30.3 Å². The van der Waals surface area contributed by atoms with Gasteiger partial charge in [0.1, 0.15) is 11.8 Å². The first-order valence-corrected chi connectivity index (χ1v) is 12.1. The van der Waals surface area contributed by atoms with Crippen LogP contribution in [-0.2, 0) is 16.1 Å². The quantitative estimate of drug-likeness (QED) is 0.440. The number of rotatable bonds is 10. The summed E-state index contributed by atoms with van der Waals surface area (Å²) in [4.78, 5) is 28.0. The number of ether oxygens (including phenoxy) is 1. The van der Waals surface area contributed by atoms with Gasteiger partial charge in [0, 0.05) is 28.2 Å². The zero-order valence-corrected chi connectivity index (χ0v) is 21.8. The Morgan fingerprint density at radius 3 is 2.27 bits per heavy atom. The summed E-state index contributed by atoms with van der Waals surface area (Å²) in [6.45, 7) is 11.7. The average Bonchev–Trinajstić information content (AvgIpc) is 2.76. The van der Waals surface area contributed by atoms with Crippen molar-refractivity contribution in [2.24, 2.45) is 0 Å². The lowest BCUT2D eigenvalue weighted by Gasteiger charge is -2.32. The molecule has 1 N–H and O–H groups in total. The molecule has 0 radical (unpaired) electrons. The Morgan fingerprint density at radius 2 is 1.70 bits per heavy atom. The minimum Gasteiger partial charge on any atom is -0.483 e. The number of amides is 2. The maximum Gasteiger partial charge on any atom is 0.261 e. The number of hydrogen-bond acceptors (Lipinski definition) is 3. The van der Waals surface area contributed by atoms with Crippen molar-refractivity contribution in [2.75, 3.05) is 6.61 Å². The monoisotopic (exact) mass is 492 g/mol. The lowest BCUT2D eigenvalue weighted by molar-refractivity contribution is -0.143. The molecule has 180 valence electrons. The van der Waals surface area contributed by atoms with E-state index >= 15 is 0 Å². The summed E-state index contributed by atoms with van der Waals surface area (Å²) in [7, 11) is 0. The van der Waals surface area contributed by atoms with Gasteiger partial charge in [-0.3, -0.25) is 9.59 Å². The summed E-state index contributed by atoms with van der Waals surface area (Å²) in [5, 5.41) is 3.88. The van der Waals surface area contributed by atoms with Crippen molar-refractivity contribution in [3.63, 3.8) is 0 Å². The summed E-state index contributed by atoms with van der Waals surface area (Å²) in [5.41, 5.74) is 3.73. The molecule has 2 aromatic carbocycles. The Morgan fingerprint density at radius 1 is 1.06 bits per heavy atom. The molecule has 2 aromatic rings. The fourth-order valence-corrected chi connectivity index (χ4v) is 4.10. The number of nitrogens with one attached hydrogen (secondary N) is 1. The molecule has 2 rings (SSSR count). The van der Waals surface area contributed by atoms with E-state index in [2.05, 4.69) is 11.4 Å². The first kappa shape index (κ1) is 27.0. The summed E-state index contributed by atoms with van der Waals surface area (Å²) in [6.07, 6.45) is 1.24. The smallest absolute Gasteiger partial charge is 0.261 e. The fourth-order valence-electron chi connectivity index (χ4n) is 3.59. The van der Waals surface area contributed by atoms with Crippen LogP contribution in [0.4, 0.5) is 0 Å². The van der Waals surface area contributed by atoms with E-state index in [0.29, 0.717) is 27.8 Å². The lowest BCUT2D eigenvalue weighted by Crippen LogP contribution is -2.51. The highest BCUT2D eigenvalue weighted by atomic mass is 35.5. The standard InChI is InChI=1S/C26H34Cl2N2O3/c1-7-18(5)29-26(32)23(8-2)30(14-20-21(27)10-9-11-22(20)28)25(31)15-33-24-13-16(3)12-17(4)19(24)6/h9-13,18,23H,7-8,14-15H2,1-6H3,(H,29,32). The van der Waals surface area contributed by atoms with E-state index in [1.165, 1.54) is 4.90 Å². The van der Waals surface area contributed by atoms with Crippen LogP contribution in [0, 0.1) is 20.8 Å². The molecule has 5 nitrogen and oxygen atoms in total.